The van der Waals surface area contributed by atoms with Crippen LogP contribution in [0.25, 0.3) is 0 Å². The number of amides is 2. The van der Waals surface area contributed by atoms with Crippen molar-refractivity contribution in [2.45, 2.75) is 52.1 Å². The Bertz CT molecular complexity index is 764. The minimum atomic E-state index is -0.564. The van der Waals surface area contributed by atoms with E-state index in [4.69, 9.17) is 11.6 Å². The molecule has 5 heteroatoms. The number of hydrogen-bond acceptors (Lipinski definition) is 2. The lowest BCUT2D eigenvalue weighted by molar-refractivity contribution is -0.141. The van der Waals surface area contributed by atoms with E-state index in [1.807, 2.05) is 55.5 Å². The summed E-state index contributed by atoms with van der Waals surface area (Å²) in [5.74, 6) is -0.160. The predicted molar refractivity (Wildman–Crippen MR) is 114 cm³/mol. The molecular formula is C23H29ClN2O2. The molecule has 0 saturated carbocycles. The van der Waals surface area contributed by atoms with E-state index in [1.54, 1.807) is 11.0 Å². The van der Waals surface area contributed by atoms with Gasteiger partial charge in [0.15, 0.2) is 0 Å². The highest BCUT2D eigenvalue weighted by Crippen LogP contribution is 2.18. The molecule has 0 bridgehead atoms. The van der Waals surface area contributed by atoms with Crippen LogP contribution in [0.4, 0.5) is 0 Å². The summed E-state index contributed by atoms with van der Waals surface area (Å²) in [5.41, 5.74) is 1.94. The normalized spacial score (nSPS) is 11.7. The van der Waals surface area contributed by atoms with Crippen molar-refractivity contribution in [1.29, 1.82) is 0 Å². The highest BCUT2D eigenvalue weighted by molar-refractivity contribution is 6.30. The molecule has 0 aliphatic heterocycles. The lowest BCUT2D eigenvalue weighted by Crippen LogP contribution is -2.50. The summed E-state index contributed by atoms with van der Waals surface area (Å²) in [5, 5.41) is 3.62. The Morgan fingerprint density at radius 2 is 1.75 bits per heavy atom. The molecule has 150 valence electrons. The Morgan fingerprint density at radius 3 is 2.39 bits per heavy atom. The van der Waals surface area contributed by atoms with Crippen LogP contribution in [0.1, 0.15) is 44.2 Å². The van der Waals surface area contributed by atoms with E-state index in [-0.39, 0.29) is 11.8 Å². The SMILES string of the molecule is CCCCNC(=O)C(Cc1ccccc1)N(Cc1cccc(Cl)c1)C(=O)CC. The molecule has 0 radical (unpaired) electrons. The lowest BCUT2D eigenvalue weighted by Gasteiger charge is -2.31. The van der Waals surface area contributed by atoms with Gasteiger partial charge in [-0.05, 0) is 29.7 Å². The zero-order chi connectivity index (χ0) is 20.4. The van der Waals surface area contributed by atoms with Crippen molar-refractivity contribution in [3.8, 4) is 0 Å². The molecule has 0 aliphatic rings. The van der Waals surface area contributed by atoms with Crippen LogP contribution in [-0.2, 0) is 22.6 Å². The molecule has 1 N–H and O–H groups in total. The van der Waals surface area contributed by atoms with Gasteiger partial charge in [-0.25, -0.2) is 0 Å². The largest absolute Gasteiger partial charge is 0.354 e. The number of unbranched alkanes of at least 4 members (excludes halogenated alkanes) is 1. The summed E-state index contributed by atoms with van der Waals surface area (Å²) >= 11 is 6.12. The highest BCUT2D eigenvalue weighted by atomic mass is 35.5. The van der Waals surface area contributed by atoms with Crippen molar-refractivity contribution >= 4 is 23.4 Å². The van der Waals surface area contributed by atoms with Crippen LogP contribution in [0.2, 0.25) is 5.02 Å². The van der Waals surface area contributed by atoms with Crippen molar-refractivity contribution in [3.63, 3.8) is 0 Å². The molecule has 28 heavy (non-hydrogen) atoms. The number of nitrogens with one attached hydrogen (secondary N) is 1. The maximum Gasteiger partial charge on any atom is 0.243 e. The van der Waals surface area contributed by atoms with E-state index in [0.29, 0.717) is 31.0 Å². The second kappa shape index (κ2) is 11.5. The van der Waals surface area contributed by atoms with Gasteiger partial charge in [-0.15, -0.1) is 0 Å². The Balaban J connectivity index is 2.30. The summed E-state index contributed by atoms with van der Waals surface area (Å²) in [4.78, 5) is 27.5. The monoisotopic (exact) mass is 400 g/mol. The topological polar surface area (TPSA) is 49.4 Å². The molecule has 2 aromatic rings. The van der Waals surface area contributed by atoms with Gasteiger partial charge < -0.3 is 10.2 Å². The number of rotatable bonds is 10. The van der Waals surface area contributed by atoms with Gasteiger partial charge in [-0.2, -0.15) is 0 Å². The first-order valence-corrected chi connectivity index (χ1v) is 10.3. The van der Waals surface area contributed by atoms with Crippen molar-refractivity contribution in [2.75, 3.05) is 6.54 Å². The second-order valence-corrected chi connectivity index (χ2v) is 7.29. The molecular weight excluding hydrogens is 372 g/mol. The second-order valence-electron chi connectivity index (χ2n) is 6.86. The van der Waals surface area contributed by atoms with Gasteiger partial charge in [0.05, 0.1) is 0 Å². The quantitative estimate of drug-likeness (QED) is 0.592. The summed E-state index contributed by atoms with van der Waals surface area (Å²) in [6, 6.07) is 16.7. The van der Waals surface area contributed by atoms with Crippen LogP contribution >= 0.6 is 11.6 Å². The minimum absolute atomic E-state index is 0.0495. The summed E-state index contributed by atoms with van der Waals surface area (Å²) in [7, 11) is 0. The fourth-order valence-electron chi connectivity index (χ4n) is 3.10. The fraction of sp³-hybridized carbons (Fsp3) is 0.391. The van der Waals surface area contributed by atoms with Gasteiger partial charge in [-0.1, -0.05) is 74.3 Å². The average Bonchev–Trinajstić information content (AvgIpc) is 2.71. The van der Waals surface area contributed by atoms with Gasteiger partial charge in [-0.3, -0.25) is 9.59 Å². The molecule has 0 heterocycles. The highest BCUT2D eigenvalue weighted by Gasteiger charge is 2.29. The van der Waals surface area contributed by atoms with Crippen LogP contribution in [-0.4, -0.2) is 29.3 Å². The Hall–Kier alpha value is -2.33. The molecule has 4 nitrogen and oxygen atoms in total. The molecule has 0 aromatic heterocycles. The van der Waals surface area contributed by atoms with Crippen molar-refractivity contribution in [1.82, 2.24) is 10.2 Å². The van der Waals surface area contributed by atoms with Gasteiger partial charge in [0, 0.05) is 31.0 Å². The predicted octanol–water partition coefficient (Wildman–Crippen LogP) is 4.61. The molecule has 0 aliphatic carbocycles. The van der Waals surface area contributed by atoms with Gasteiger partial charge >= 0.3 is 0 Å². The third-order valence-electron chi connectivity index (χ3n) is 4.65. The van der Waals surface area contributed by atoms with Crippen LogP contribution in [0.5, 0.6) is 0 Å². The first-order valence-electron chi connectivity index (χ1n) is 9.90. The summed E-state index contributed by atoms with van der Waals surface area (Å²) in [6.07, 6.45) is 2.74. The minimum Gasteiger partial charge on any atom is -0.354 e. The number of hydrogen-bond donors (Lipinski definition) is 1. The van der Waals surface area contributed by atoms with E-state index in [2.05, 4.69) is 12.2 Å². The van der Waals surface area contributed by atoms with E-state index in [1.165, 1.54) is 0 Å². The van der Waals surface area contributed by atoms with E-state index in [0.717, 1.165) is 24.0 Å². The fourth-order valence-corrected chi connectivity index (χ4v) is 3.31. The first-order chi connectivity index (χ1) is 13.5. The van der Waals surface area contributed by atoms with Gasteiger partial charge in [0.1, 0.15) is 6.04 Å². The number of carbonyl (C=O) groups excluding carboxylic acids is 2. The van der Waals surface area contributed by atoms with Crippen molar-refractivity contribution in [2.24, 2.45) is 0 Å². The number of halogens is 1. The van der Waals surface area contributed by atoms with Crippen LogP contribution in [0, 0.1) is 0 Å². The first kappa shape index (κ1) is 22.0. The Labute approximate surface area is 172 Å². The molecule has 1 atom stereocenters. The maximum atomic E-state index is 13.0. The molecule has 2 aromatic carbocycles. The number of nitrogens with zero attached hydrogens (tertiary/aromatic N) is 1. The summed E-state index contributed by atoms with van der Waals surface area (Å²) in [6.45, 7) is 4.87. The third kappa shape index (κ3) is 6.68. The maximum absolute atomic E-state index is 13.0. The number of benzene rings is 2. The van der Waals surface area contributed by atoms with Gasteiger partial charge in [0.2, 0.25) is 11.8 Å². The molecule has 0 saturated heterocycles. The van der Waals surface area contributed by atoms with Crippen molar-refractivity contribution in [3.05, 3.63) is 70.7 Å². The van der Waals surface area contributed by atoms with Crippen LogP contribution in [0.15, 0.2) is 54.6 Å². The molecule has 0 fully saturated rings. The molecule has 2 amide bonds. The smallest absolute Gasteiger partial charge is 0.243 e. The average molecular weight is 401 g/mol. The van der Waals surface area contributed by atoms with E-state index >= 15 is 0 Å². The number of carbonyl (C=O) groups is 2. The molecule has 1 unspecified atom stereocenters. The molecule has 2 rings (SSSR count). The van der Waals surface area contributed by atoms with Crippen LogP contribution in [0.3, 0.4) is 0 Å². The zero-order valence-corrected chi connectivity index (χ0v) is 17.4. The Kier molecular flexibility index (Phi) is 9.02. The van der Waals surface area contributed by atoms with E-state index < -0.39 is 6.04 Å². The van der Waals surface area contributed by atoms with E-state index in [9.17, 15) is 9.59 Å². The van der Waals surface area contributed by atoms with Crippen molar-refractivity contribution < 1.29 is 9.59 Å². The third-order valence-corrected chi connectivity index (χ3v) is 4.88. The molecule has 0 spiro atoms. The van der Waals surface area contributed by atoms with Gasteiger partial charge in [0.25, 0.3) is 0 Å². The Morgan fingerprint density at radius 1 is 1.04 bits per heavy atom. The van der Waals surface area contributed by atoms with Crippen LogP contribution < -0.4 is 5.32 Å². The lowest BCUT2D eigenvalue weighted by atomic mass is 10.0. The standard InChI is InChI=1S/C23H29ClN2O2/c1-3-5-14-25-23(28)21(16-18-10-7-6-8-11-18)26(22(27)4-2)17-19-12-9-13-20(24)15-19/h6-13,15,21H,3-5,14,16-17H2,1-2H3,(H,25,28). The zero-order valence-electron chi connectivity index (χ0n) is 16.7. The summed E-state index contributed by atoms with van der Waals surface area (Å²) < 4.78 is 0.